The van der Waals surface area contributed by atoms with Gasteiger partial charge < -0.3 is 4.90 Å². The lowest BCUT2D eigenvalue weighted by Crippen LogP contribution is -2.34. The quantitative estimate of drug-likeness (QED) is 0.814. The molecule has 0 bridgehead atoms. The van der Waals surface area contributed by atoms with E-state index in [4.69, 9.17) is 0 Å². The number of ketones is 1. The summed E-state index contributed by atoms with van der Waals surface area (Å²) in [5.74, 6) is 0.210. The molecule has 0 spiro atoms. The van der Waals surface area contributed by atoms with Gasteiger partial charge in [0, 0.05) is 17.8 Å². The predicted molar refractivity (Wildman–Crippen MR) is 77.6 cm³/mol. The van der Waals surface area contributed by atoms with Gasteiger partial charge in [0.2, 0.25) is 0 Å². The highest BCUT2D eigenvalue weighted by molar-refractivity contribution is 6.02. The molecule has 0 saturated heterocycles. The van der Waals surface area contributed by atoms with Gasteiger partial charge in [0.1, 0.15) is 0 Å². The van der Waals surface area contributed by atoms with Gasteiger partial charge in [-0.2, -0.15) is 0 Å². The minimum Gasteiger partial charge on any atom is -0.359 e. The summed E-state index contributed by atoms with van der Waals surface area (Å²) in [5, 5.41) is 0. The fourth-order valence-electron chi connectivity index (χ4n) is 2.58. The summed E-state index contributed by atoms with van der Waals surface area (Å²) in [5.41, 5.74) is 4.45. The summed E-state index contributed by atoms with van der Waals surface area (Å²) in [6, 6.07) is 16.4. The maximum Gasteiger partial charge on any atom is 0.182 e. The first-order valence-corrected chi connectivity index (χ1v) is 6.73. The molecule has 0 atom stereocenters. The number of carbonyl (C=O) groups is 1. The smallest absolute Gasteiger partial charge is 0.182 e. The second-order valence-corrected chi connectivity index (χ2v) is 4.96. The van der Waals surface area contributed by atoms with Crippen LogP contribution in [0.15, 0.2) is 48.5 Å². The Morgan fingerprint density at radius 1 is 1.00 bits per heavy atom. The lowest BCUT2D eigenvalue weighted by atomic mass is 9.98. The van der Waals surface area contributed by atoms with E-state index in [0.29, 0.717) is 6.54 Å². The van der Waals surface area contributed by atoms with E-state index >= 15 is 0 Å². The van der Waals surface area contributed by atoms with Crippen LogP contribution in [0.5, 0.6) is 0 Å². The molecule has 0 radical (unpaired) electrons. The summed E-state index contributed by atoms with van der Waals surface area (Å²) in [6.45, 7) is 3.44. The Bertz CT molecular complexity index is 601. The molecule has 19 heavy (non-hydrogen) atoms. The van der Waals surface area contributed by atoms with E-state index in [0.717, 1.165) is 29.8 Å². The molecular formula is C17H17NO. The minimum absolute atomic E-state index is 0.210. The van der Waals surface area contributed by atoms with Gasteiger partial charge in [0.15, 0.2) is 5.78 Å². The van der Waals surface area contributed by atoms with Gasteiger partial charge in [-0.05, 0) is 29.7 Å². The van der Waals surface area contributed by atoms with E-state index in [1.165, 1.54) is 5.56 Å². The number of aryl methyl sites for hydroxylation is 1. The van der Waals surface area contributed by atoms with Gasteiger partial charge >= 0.3 is 0 Å². The van der Waals surface area contributed by atoms with Gasteiger partial charge in [-0.3, -0.25) is 4.79 Å². The molecular weight excluding hydrogens is 234 g/mol. The molecule has 1 heterocycles. The van der Waals surface area contributed by atoms with E-state index < -0.39 is 0 Å². The van der Waals surface area contributed by atoms with Crippen LogP contribution in [-0.2, 0) is 13.0 Å². The van der Waals surface area contributed by atoms with E-state index in [1.54, 1.807) is 0 Å². The molecule has 96 valence electrons. The summed E-state index contributed by atoms with van der Waals surface area (Å²) in [6.07, 6.45) is 1.04. The SMILES string of the molecule is CCc1ccc(N2CC(=O)c3ccccc3C2)cc1. The van der Waals surface area contributed by atoms with Crippen molar-refractivity contribution in [2.24, 2.45) is 0 Å². The van der Waals surface area contributed by atoms with E-state index in [1.807, 2.05) is 24.3 Å². The van der Waals surface area contributed by atoms with Crippen LogP contribution in [0.1, 0.15) is 28.4 Å². The molecule has 0 aromatic heterocycles. The third-order valence-electron chi connectivity index (χ3n) is 3.72. The molecule has 0 unspecified atom stereocenters. The highest BCUT2D eigenvalue weighted by atomic mass is 16.1. The molecule has 1 aliphatic heterocycles. The monoisotopic (exact) mass is 251 g/mol. The van der Waals surface area contributed by atoms with Crippen LogP contribution in [0.4, 0.5) is 5.69 Å². The number of anilines is 1. The molecule has 0 amide bonds. The van der Waals surface area contributed by atoms with E-state index in [9.17, 15) is 4.79 Å². The third kappa shape index (κ3) is 2.26. The Hall–Kier alpha value is -2.09. The number of hydrogen-bond acceptors (Lipinski definition) is 2. The van der Waals surface area contributed by atoms with Crippen molar-refractivity contribution < 1.29 is 4.79 Å². The normalized spacial score (nSPS) is 14.4. The van der Waals surface area contributed by atoms with Crippen molar-refractivity contribution in [3.05, 3.63) is 65.2 Å². The molecule has 0 fully saturated rings. The zero-order valence-electron chi connectivity index (χ0n) is 11.1. The molecule has 0 saturated carbocycles. The Balaban J connectivity index is 1.90. The number of carbonyl (C=O) groups excluding carboxylic acids is 1. The topological polar surface area (TPSA) is 20.3 Å². The average molecular weight is 251 g/mol. The van der Waals surface area contributed by atoms with Crippen molar-refractivity contribution in [1.29, 1.82) is 0 Å². The minimum atomic E-state index is 0.210. The van der Waals surface area contributed by atoms with Crippen LogP contribution in [-0.4, -0.2) is 12.3 Å². The van der Waals surface area contributed by atoms with Gasteiger partial charge in [-0.15, -0.1) is 0 Å². The summed E-state index contributed by atoms with van der Waals surface area (Å²) in [7, 11) is 0. The Kier molecular flexibility index (Phi) is 3.08. The Morgan fingerprint density at radius 2 is 1.74 bits per heavy atom. The van der Waals surface area contributed by atoms with Crippen molar-refractivity contribution in [2.45, 2.75) is 19.9 Å². The second kappa shape index (κ2) is 4.88. The first-order valence-electron chi connectivity index (χ1n) is 6.73. The zero-order chi connectivity index (χ0) is 13.2. The molecule has 2 aromatic rings. The molecule has 1 aliphatic rings. The van der Waals surface area contributed by atoms with Gasteiger partial charge in [0.25, 0.3) is 0 Å². The largest absolute Gasteiger partial charge is 0.359 e. The van der Waals surface area contributed by atoms with Crippen LogP contribution >= 0.6 is 0 Å². The number of fused-ring (bicyclic) bond motifs is 1. The Labute approximate surface area is 113 Å². The van der Waals surface area contributed by atoms with Gasteiger partial charge in [-0.1, -0.05) is 43.3 Å². The summed E-state index contributed by atoms with van der Waals surface area (Å²) < 4.78 is 0. The number of Topliss-reactive ketones (excluding diaryl/α,β-unsaturated/α-hetero) is 1. The fourth-order valence-corrected chi connectivity index (χ4v) is 2.58. The van der Waals surface area contributed by atoms with Crippen LogP contribution in [0.25, 0.3) is 0 Å². The number of hydrogen-bond donors (Lipinski definition) is 0. The van der Waals surface area contributed by atoms with Crippen LogP contribution in [0.3, 0.4) is 0 Å². The van der Waals surface area contributed by atoms with Crippen LogP contribution < -0.4 is 4.90 Å². The lowest BCUT2D eigenvalue weighted by Gasteiger charge is -2.29. The van der Waals surface area contributed by atoms with Gasteiger partial charge in [0.05, 0.1) is 6.54 Å². The second-order valence-electron chi connectivity index (χ2n) is 4.96. The summed E-state index contributed by atoms with van der Waals surface area (Å²) in [4.78, 5) is 14.3. The highest BCUT2D eigenvalue weighted by Crippen LogP contribution is 2.24. The molecule has 3 rings (SSSR count). The first-order chi connectivity index (χ1) is 9.28. The van der Waals surface area contributed by atoms with Crippen molar-refractivity contribution in [2.75, 3.05) is 11.4 Å². The first kappa shape index (κ1) is 12.0. The fraction of sp³-hybridized carbons (Fsp3) is 0.235. The molecule has 2 heteroatoms. The van der Waals surface area contributed by atoms with Crippen molar-refractivity contribution in [3.8, 4) is 0 Å². The summed E-state index contributed by atoms with van der Waals surface area (Å²) >= 11 is 0. The average Bonchev–Trinajstić information content (AvgIpc) is 2.47. The number of rotatable bonds is 2. The lowest BCUT2D eigenvalue weighted by molar-refractivity contribution is 0.0992. The molecule has 2 nitrogen and oxygen atoms in total. The Morgan fingerprint density at radius 3 is 2.47 bits per heavy atom. The predicted octanol–water partition coefficient (Wildman–Crippen LogP) is 3.45. The number of nitrogens with zero attached hydrogens (tertiary/aromatic N) is 1. The van der Waals surface area contributed by atoms with E-state index in [-0.39, 0.29) is 5.78 Å². The standard InChI is InChI=1S/C17H17NO/c1-2-13-7-9-15(10-8-13)18-11-14-5-3-4-6-16(14)17(19)12-18/h3-10H,2,11-12H2,1H3. The van der Waals surface area contributed by atoms with Crippen molar-refractivity contribution >= 4 is 11.5 Å². The van der Waals surface area contributed by atoms with Crippen LogP contribution in [0.2, 0.25) is 0 Å². The number of benzene rings is 2. The zero-order valence-corrected chi connectivity index (χ0v) is 11.1. The highest BCUT2D eigenvalue weighted by Gasteiger charge is 2.22. The van der Waals surface area contributed by atoms with E-state index in [2.05, 4.69) is 36.1 Å². The molecule has 2 aromatic carbocycles. The van der Waals surface area contributed by atoms with Gasteiger partial charge in [-0.25, -0.2) is 0 Å². The maximum absolute atomic E-state index is 12.2. The molecule has 0 aliphatic carbocycles. The maximum atomic E-state index is 12.2. The molecule has 0 N–H and O–H groups in total. The van der Waals surface area contributed by atoms with Crippen molar-refractivity contribution in [1.82, 2.24) is 0 Å². The third-order valence-corrected chi connectivity index (χ3v) is 3.72. The van der Waals surface area contributed by atoms with Crippen molar-refractivity contribution in [3.63, 3.8) is 0 Å². The van der Waals surface area contributed by atoms with Crippen LogP contribution in [0, 0.1) is 0 Å².